The van der Waals surface area contributed by atoms with Gasteiger partial charge in [-0.3, -0.25) is 0 Å². The van der Waals surface area contributed by atoms with Crippen LogP contribution in [0.4, 0.5) is 0 Å². The summed E-state index contributed by atoms with van der Waals surface area (Å²) < 4.78 is 8.28. The zero-order valence-corrected chi connectivity index (χ0v) is 3.90. The summed E-state index contributed by atoms with van der Waals surface area (Å²) in [5, 5.41) is 0. The van der Waals surface area contributed by atoms with Crippen LogP contribution in [0.25, 0.3) is 0 Å². The maximum absolute atomic E-state index is 8.28. The molecule has 0 aliphatic heterocycles. The molecule has 0 N–H and O–H groups in total. The molecule has 0 rings (SSSR count). The predicted octanol–water partition coefficient (Wildman–Crippen LogP) is -1.42. The van der Waals surface area contributed by atoms with E-state index in [4.69, 9.17) is 3.80 Å². The van der Waals surface area contributed by atoms with Crippen molar-refractivity contribution in [1.82, 2.24) is 0 Å². The molecule has 0 aromatic carbocycles. The van der Waals surface area contributed by atoms with Crippen molar-refractivity contribution in [2.45, 2.75) is 0 Å². The zero-order valence-electron chi connectivity index (χ0n) is 1.45. The summed E-state index contributed by atoms with van der Waals surface area (Å²) >= 11 is 0.611. The molecule has 4 heteroatoms. The molecule has 0 saturated carbocycles. The van der Waals surface area contributed by atoms with Crippen LogP contribution in [-0.4, -0.2) is 35.1 Å². The fraction of sp³-hybridized carbons (Fsp3) is 0. The molecule has 0 heterocycles. The van der Waals surface area contributed by atoms with Crippen LogP contribution in [0.1, 0.15) is 0 Å². The van der Waals surface area contributed by atoms with Gasteiger partial charge in [-0.1, -0.05) is 0 Å². The zero-order chi connectivity index (χ0) is 2.00. The van der Waals surface area contributed by atoms with E-state index < -0.39 is 0 Å². The summed E-state index contributed by atoms with van der Waals surface area (Å²) in [7, 11) is 0. The van der Waals surface area contributed by atoms with Crippen molar-refractivity contribution < 1.29 is 20.6 Å². The van der Waals surface area contributed by atoms with E-state index in [1.807, 2.05) is 0 Å². The summed E-state index contributed by atoms with van der Waals surface area (Å²) in [5.74, 6) is 0. The summed E-state index contributed by atoms with van der Waals surface area (Å²) in [6.45, 7) is 0. The molecule has 0 fully saturated rings. The Balaban J connectivity index is -0.00000000500. The normalized spacial score (nSPS) is 0.750. The topological polar surface area (TPSA) is 17.1 Å². The van der Waals surface area contributed by atoms with Crippen LogP contribution in [0, 0.1) is 0 Å². The van der Waals surface area contributed by atoms with Crippen molar-refractivity contribution >= 4 is 35.1 Å². The summed E-state index contributed by atoms with van der Waals surface area (Å²) in [5.41, 5.74) is 0. The van der Waals surface area contributed by atoms with E-state index in [9.17, 15) is 0 Å². The molecule has 0 aromatic rings. The van der Waals surface area contributed by atoms with Gasteiger partial charge in [0.05, 0.1) is 0 Å². The van der Waals surface area contributed by atoms with E-state index in [1.54, 1.807) is 0 Å². The van der Waals surface area contributed by atoms with Crippen molar-refractivity contribution in [2.75, 3.05) is 0 Å². The molecule has 0 atom stereocenters. The summed E-state index contributed by atoms with van der Waals surface area (Å²) in [6, 6.07) is 0. The van der Waals surface area contributed by atoms with Crippen LogP contribution in [0.15, 0.2) is 0 Å². The van der Waals surface area contributed by atoms with E-state index in [0.29, 0.717) is 16.2 Å². The maximum atomic E-state index is 8.28. The Kier molecular flexibility index (Phi) is 114. The molecule has 1 nitrogen and oxygen atoms in total. The fourth-order valence-corrected chi connectivity index (χ4v) is 0. The molecule has 0 aliphatic carbocycles. The average molecular weight is 111 g/mol. The first-order valence-corrected chi connectivity index (χ1v) is 0.866. The van der Waals surface area contributed by atoms with Gasteiger partial charge in [-0.15, -0.1) is 0 Å². The van der Waals surface area contributed by atoms with Crippen LogP contribution in [0.2, 0.25) is 0 Å². The van der Waals surface area contributed by atoms with Gasteiger partial charge in [-0.25, -0.2) is 0 Å². The standard InChI is InChI=1S/Al.Co.Li.O.2H. The van der Waals surface area contributed by atoms with Crippen molar-refractivity contribution in [3.63, 3.8) is 0 Å². The van der Waals surface area contributed by atoms with Crippen molar-refractivity contribution in [3.8, 4) is 0 Å². The SMILES string of the molecule is [Co].[LiH].[O]=[AlH]. The van der Waals surface area contributed by atoms with Gasteiger partial charge in [0.15, 0.2) is 0 Å². The Hall–Kier alpha value is 1.44. The molecule has 0 aromatic heterocycles. The van der Waals surface area contributed by atoms with E-state index in [2.05, 4.69) is 0 Å². The Morgan fingerprint density at radius 3 is 1.25 bits per heavy atom. The quantitative estimate of drug-likeness (QED) is 0.350. The van der Waals surface area contributed by atoms with E-state index in [1.165, 1.54) is 0 Å². The number of rotatable bonds is 0. The van der Waals surface area contributed by atoms with Gasteiger partial charge in [0, 0.05) is 16.8 Å². The van der Waals surface area contributed by atoms with E-state index >= 15 is 0 Å². The third kappa shape index (κ3) is 9.89. The number of hydrogen-bond acceptors (Lipinski definition) is 1. The second-order valence-electron chi connectivity index (χ2n) is 0. The first-order valence-electron chi connectivity index (χ1n) is 0.289. The predicted molar refractivity (Wildman–Crippen MR) is 15.0 cm³/mol. The first-order chi connectivity index (χ1) is 1.00. The Morgan fingerprint density at radius 2 is 1.25 bits per heavy atom. The van der Waals surface area contributed by atoms with Gasteiger partial charge in [0.2, 0.25) is 0 Å². The van der Waals surface area contributed by atoms with Crippen LogP contribution in [0.3, 0.4) is 0 Å². The molecule has 0 aliphatic rings. The third-order valence-electron chi connectivity index (χ3n) is 0. The van der Waals surface area contributed by atoms with Gasteiger partial charge in [-0.2, -0.15) is 0 Å². The molecular weight excluding hydrogens is 109 g/mol. The Morgan fingerprint density at radius 1 is 1.25 bits per heavy atom. The minimum atomic E-state index is 0. The summed E-state index contributed by atoms with van der Waals surface area (Å²) in [4.78, 5) is 0. The van der Waals surface area contributed by atoms with Crippen molar-refractivity contribution in [1.29, 1.82) is 0 Å². The molecule has 0 saturated heterocycles. The van der Waals surface area contributed by atoms with Crippen LogP contribution < -0.4 is 0 Å². The van der Waals surface area contributed by atoms with Crippen molar-refractivity contribution in [3.05, 3.63) is 0 Å². The minimum absolute atomic E-state index is 0. The van der Waals surface area contributed by atoms with Gasteiger partial charge in [0.1, 0.15) is 0 Å². The van der Waals surface area contributed by atoms with Gasteiger partial charge in [0.25, 0.3) is 0 Å². The molecule has 1 radical (unpaired) electrons. The number of hydrogen-bond donors (Lipinski definition) is 0. The molecule has 4 heavy (non-hydrogen) atoms. The Bertz CT molecular complexity index is 8.00. The first kappa shape index (κ1) is 18.0. The van der Waals surface area contributed by atoms with E-state index in [-0.39, 0.29) is 35.6 Å². The van der Waals surface area contributed by atoms with Crippen LogP contribution in [0.5, 0.6) is 0 Å². The molecule has 0 bridgehead atoms. The molecule has 0 spiro atoms. The Labute approximate surface area is 55.5 Å². The monoisotopic (exact) mass is 111 g/mol. The molecular formula is H2AlCoLiO. The third-order valence-corrected chi connectivity index (χ3v) is 0. The molecule has 0 amide bonds. The summed E-state index contributed by atoms with van der Waals surface area (Å²) in [6.07, 6.45) is 0. The van der Waals surface area contributed by atoms with Gasteiger partial charge in [-0.05, 0) is 0 Å². The second kappa shape index (κ2) is 25.4. The fourth-order valence-electron chi connectivity index (χ4n) is 0. The second-order valence-corrected chi connectivity index (χ2v) is 0. The molecule has 0 unspecified atom stereocenters. The van der Waals surface area contributed by atoms with E-state index in [0.717, 1.165) is 0 Å². The average Bonchev–Trinajstić information content (AvgIpc) is 1.00. The van der Waals surface area contributed by atoms with Crippen LogP contribution >= 0.6 is 0 Å². The van der Waals surface area contributed by atoms with Crippen molar-refractivity contribution in [2.24, 2.45) is 0 Å². The van der Waals surface area contributed by atoms with Gasteiger partial charge >= 0.3 is 38.9 Å². The van der Waals surface area contributed by atoms with Gasteiger partial charge < -0.3 is 0 Å². The van der Waals surface area contributed by atoms with Crippen LogP contribution in [-0.2, 0) is 20.6 Å². The molecule has 21 valence electrons.